The van der Waals surface area contributed by atoms with E-state index in [-0.39, 0.29) is 5.91 Å². The normalized spacial score (nSPS) is 10.3. The smallest absolute Gasteiger partial charge is 0.251 e. The molecule has 0 spiro atoms. The van der Waals surface area contributed by atoms with E-state index >= 15 is 0 Å². The summed E-state index contributed by atoms with van der Waals surface area (Å²) in [6, 6.07) is 11.3. The van der Waals surface area contributed by atoms with Crippen LogP contribution in [0.15, 0.2) is 42.6 Å². The van der Waals surface area contributed by atoms with Crippen LogP contribution in [0.25, 0.3) is 0 Å². The molecule has 0 saturated carbocycles. The van der Waals surface area contributed by atoms with Crippen molar-refractivity contribution in [3.05, 3.63) is 58.7 Å². The van der Waals surface area contributed by atoms with Gasteiger partial charge in [-0.25, -0.2) is 4.98 Å². The van der Waals surface area contributed by atoms with Gasteiger partial charge in [-0.1, -0.05) is 29.8 Å². The Labute approximate surface area is 135 Å². The maximum Gasteiger partial charge on any atom is 0.251 e. The summed E-state index contributed by atoms with van der Waals surface area (Å²) in [7, 11) is 0. The van der Waals surface area contributed by atoms with Gasteiger partial charge in [-0.15, -0.1) is 0 Å². The van der Waals surface area contributed by atoms with Crippen LogP contribution in [0.2, 0.25) is 5.02 Å². The minimum absolute atomic E-state index is 0.0796. The molecule has 0 aliphatic rings. The molecule has 0 fully saturated rings. The van der Waals surface area contributed by atoms with Gasteiger partial charge in [0.2, 0.25) is 0 Å². The summed E-state index contributed by atoms with van der Waals surface area (Å²) in [6.07, 6.45) is 3.49. The van der Waals surface area contributed by atoms with Gasteiger partial charge in [0.15, 0.2) is 0 Å². The van der Waals surface area contributed by atoms with Gasteiger partial charge >= 0.3 is 0 Å². The van der Waals surface area contributed by atoms with E-state index in [4.69, 9.17) is 11.6 Å². The van der Waals surface area contributed by atoms with Crippen molar-refractivity contribution in [2.24, 2.45) is 0 Å². The van der Waals surface area contributed by atoms with Crippen LogP contribution in [0.1, 0.15) is 29.3 Å². The quantitative estimate of drug-likeness (QED) is 0.768. The molecule has 116 valence electrons. The average molecular weight is 318 g/mol. The first kappa shape index (κ1) is 16.3. The molecule has 1 heterocycles. The van der Waals surface area contributed by atoms with E-state index in [0.717, 1.165) is 30.0 Å². The molecule has 2 N–H and O–H groups in total. The summed E-state index contributed by atoms with van der Waals surface area (Å²) in [4.78, 5) is 16.0. The maximum atomic E-state index is 11.8. The number of carbonyl (C=O) groups is 1. The standard InChI is InChI=1S/C17H20ClN3O/c1-2-19-17(22)14-9-11-21-16(12-14)20-10-5-7-13-6-3-4-8-15(13)18/h3-4,6,8-9,11-12H,2,5,7,10H2,1H3,(H,19,22)(H,20,21). The highest BCUT2D eigenvalue weighted by Gasteiger charge is 2.05. The predicted octanol–water partition coefficient (Wildman–Crippen LogP) is 3.53. The second-order valence-corrected chi connectivity index (χ2v) is 5.32. The number of hydrogen-bond donors (Lipinski definition) is 2. The molecular weight excluding hydrogens is 298 g/mol. The monoisotopic (exact) mass is 317 g/mol. The average Bonchev–Trinajstić information content (AvgIpc) is 2.54. The van der Waals surface area contributed by atoms with Crippen molar-refractivity contribution in [1.29, 1.82) is 0 Å². The molecule has 2 rings (SSSR count). The molecule has 4 nitrogen and oxygen atoms in total. The van der Waals surface area contributed by atoms with Crippen molar-refractivity contribution in [2.75, 3.05) is 18.4 Å². The lowest BCUT2D eigenvalue weighted by Gasteiger charge is -2.08. The van der Waals surface area contributed by atoms with Gasteiger partial charge in [0.25, 0.3) is 5.91 Å². The molecule has 2 aromatic rings. The predicted molar refractivity (Wildman–Crippen MR) is 90.5 cm³/mol. The minimum atomic E-state index is -0.0796. The van der Waals surface area contributed by atoms with Crippen molar-refractivity contribution >= 4 is 23.3 Å². The lowest BCUT2D eigenvalue weighted by molar-refractivity contribution is 0.0956. The van der Waals surface area contributed by atoms with Crippen LogP contribution in [-0.4, -0.2) is 24.0 Å². The van der Waals surface area contributed by atoms with Gasteiger partial charge in [0, 0.05) is 29.9 Å². The van der Waals surface area contributed by atoms with E-state index in [0.29, 0.717) is 17.9 Å². The van der Waals surface area contributed by atoms with Crippen LogP contribution in [-0.2, 0) is 6.42 Å². The number of benzene rings is 1. The number of amides is 1. The largest absolute Gasteiger partial charge is 0.370 e. The van der Waals surface area contributed by atoms with E-state index in [2.05, 4.69) is 15.6 Å². The highest BCUT2D eigenvalue weighted by atomic mass is 35.5. The Morgan fingerprint density at radius 3 is 2.86 bits per heavy atom. The zero-order valence-corrected chi connectivity index (χ0v) is 13.4. The highest BCUT2D eigenvalue weighted by Crippen LogP contribution is 2.16. The number of carbonyl (C=O) groups excluding carboxylic acids is 1. The number of aromatic nitrogens is 1. The lowest BCUT2D eigenvalue weighted by atomic mass is 10.1. The maximum absolute atomic E-state index is 11.8. The van der Waals surface area contributed by atoms with Gasteiger partial charge < -0.3 is 10.6 Å². The lowest BCUT2D eigenvalue weighted by Crippen LogP contribution is -2.22. The Balaban J connectivity index is 1.83. The van der Waals surface area contributed by atoms with Crippen LogP contribution in [0.5, 0.6) is 0 Å². The fourth-order valence-corrected chi connectivity index (χ4v) is 2.36. The minimum Gasteiger partial charge on any atom is -0.370 e. The van der Waals surface area contributed by atoms with E-state index in [9.17, 15) is 4.79 Å². The number of nitrogens with one attached hydrogen (secondary N) is 2. The molecule has 5 heteroatoms. The molecule has 1 amide bonds. The van der Waals surface area contributed by atoms with Crippen molar-refractivity contribution in [3.63, 3.8) is 0 Å². The number of rotatable bonds is 7. The summed E-state index contributed by atoms with van der Waals surface area (Å²) in [5, 5.41) is 6.82. The van der Waals surface area contributed by atoms with Gasteiger partial charge in [-0.05, 0) is 43.5 Å². The van der Waals surface area contributed by atoms with Gasteiger partial charge in [-0.2, -0.15) is 0 Å². The molecule has 0 unspecified atom stereocenters. The first-order valence-corrected chi connectivity index (χ1v) is 7.80. The Morgan fingerprint density at radius 1 is 1.27 bits per heavy atom. The Morgan fingerprint density at radius 2 is 2.09 bits per heavy atom. The first-order valence-electron chi connectivity index (χ1n) is 7.42. The summed E-state index contributed by atoms with van der Waals surface area (Å²) in [6.45, 7) is 3.28. The third kappa shape index (κ3) is 4.74. The first-order chi connectivity index (χ1) is 10.7. The number of halogens is 1. The number of hydrogen-bond acceptors (Lipinski definition) is 3. The van der Waals surface area contributed by atoms with E-state index in [1.807, 2.05) is 31.2 Å². The summed E-state index contributed by atoms with van der Waals surface area (Å²) in [5.41, 5.74) is 1.76. The van der Waals surface area contributed by atoms with Crippen LogP contribution < -0.4 is 10.6 Å². The number of pyridine rings is 1. The van der Waals surface area contributed by atoms with Gasteiger partial charge in [-0.3, -0.25) is 4.79 Å². The SMILES string of the molecule is CCNC(=O)c1ccnc(NCCCc2ccccc2Cl)c1. The molecule has 0 radical (unpaired) electrons. The molecule has 0 bridgehead atoms. The fourth-order valence-electron chi connectivity index (χ4n) is 2.13. The van der Waals surface area contributed by atoms with Crippen molar-refractivity contribution in [3.8, 4) is 0 Å². The second-order valence-electron chi connectivity index (χ2n) is 4.91. The third-order valence-corrected chi connectivity index (χ3v) is 3.62. The zero-order valence-electron chi connectivity index (χ0n) is 12.6. The highest BCUT2D eigenvalue weighted by molar-refractivity contribution is 6.31. The van der Waals surface area contributed by atoms with Crippen LogP contribution in [0.3, 0.4) is 0 Å². The van der Waals surface area contributed by atoms with E-state index in [1.54, 1.807) is 18.3 Å². The van der Waals surface area contributed by atoms with Crippen molar-refractivity contribution in [2.45, 2.75) is 19.8 Å². The van der Waals surface area contributed by atoms with Crippen LogP contribution in [0, 0.1) is 0 Å². The Kier molecular flexibility index (Phi) is 6.22. The molecule has 0 atom stereocenters. The molecular formula is C17H20ClN3O. The molecule has 22 heavy (non-hydrogen) atoms. The van der Waals surface area contributed by atoms with Crippen LogP contribution in [0.4, 0.5) is 5.82 Å². The number of aryl methyl sites for hydroxylation is 1. The Hall–Kier alpha value is -2.07. The zero-order chi connectivity index (χ0) is 15.8. The fraction of sp³-hybridized carbons (Fsp3) is 0.294. The molecule has 0 aliphatic heterocycles. The topological polar surface area (TPSA) is 54.0 Å². The van der Waals surface area contributed by atoms with E-state index < -0.39 is 0 Å². The summed E-state index contributed by atoms with van der Waals surface area (Å²) < 4.78 is 0. The van der Waals surface area contributed by atoms with Gasteiger partial charge in [0.1, 0.15) is 5.82 Å². The van der Waals surface area contributed by atoms with Crippen molar-refractivity contribution < 1.29 is 4.79 Å². The molecule has 0 saturated heterocycles. The number of nitrogens with zero attached hydrogens (tertiary/aromatic N) is 1. The molecule has 0 aliphatic carbocycles. The number of anilines is 1. The Bertz CT molecular complexity index is 631. The van der Waals surface area contributed by atoms with Crippen LogP contribution >= 0.6 is 11.6 Å². The molecule has 1 aromatic heterocycles. The summed E-state index contributed by atoms with van der Waals surface area (Å²) in [5.74, 6) is 0.631. The van der Waals surface area contributed by atoms with Gasteiger partial charge in [0.05, 0.1) is 0 Å². The second kappa shape index (κ2) is 8.39. The third-order valence-electron chi connectivity index (χ3n) is 3.25. The molecule has 1 aromatic carbocycles. The summed E-state index contributed by atoms with van der Waals surface area (Å²) >= 11 is 6.13. The van der Waals surface area contributed by atoms with E-state index in [1.165, 1.54) is 0 Å². The van der Waals surface area contributed by atoms with Crippen molar-refractivity contribution in [1.82, 2.24) is 10.3 Å².